The van der Waals surface area contributed by atoms with Gasteiger partial charge in [-0.3, -0.25) is 0 Å². The summed E-state index contributed by atoms with van der Waals surface area (Å²) in [6.45, 7) is 12.2. The molecule has 21 heavy (non-hydrogen) atoms. The fraction of sp³-hybridized carbons (Fsp3) is 0.733. The van der Waals surface area contributed by atoms with Gasteiger partial charge < -0.3 is 9.73 Å². The Balaban J connectivity index is 2.62. The summed E-state index contributed by atoms with van der Waals surface area (Å²) in [5.74, 6) is 0.862. The maximum atomic E-state index is 12.2. The third-order valence-corrected chi connectivity index (χ3v) is 4.98. The molecule has 0 aliphatic rings. The van der Waals surface area contributed by atoms with Gasteiger partial charge in [0.2, 0.25) is 5.09 Å². The molecule has 0 radical (unpaired) electrons. The van der Waals surface area contributed by atoms with Crippen molar-refractivity contribution in [3.8, 4) is 0 Å². The van der Waals surface area contributed by atoms with Crippen molar-refractivity contribution in [1.82, 2.24) is 10.0 Å². The lowest BCUT2D eigenvalue weighted by Gasteiger charge is -2.27. The van der Waals surface area contributed by atoms with Crippen LogP contribution in [0.1, 0.15) is 46.8 Å². The molecule has 0 aliphatic heterocycles. The van der Waals surface area contributed by atoms with Crippen LogP contribution < -0.4 is 10.0 Å². The first-order valence-corrected chi connectivity index (χ1v) is 8.94. The van der Waals surface area contributed by atoms with E-state index in [-0.39, 0.29) is 16.4 Å². The van der Waals surface area contributed by atoms with E-state index >= 15 is 0 Å². The molecule has 2 N–H and O–H groups in total. The van der Waals surface area contributed by atoms with Crippen molar-refractivity contribution in [2.75, 3.05) is 13.1 Å². The quantitative estimate of drug-likeness (QED) is 0.723. The lowest BCUT2D eigenvalue weighted by molar-refractivity contribution is 0.262. The third-order valence-electron chi connectivity index (χ3n) is 3.69. The van der Waals surface area contributed by atoms with Crippen LogP contribution in [0.3, 0.4) is 0 Å². The first-order chi connectivity index (χ1) is 9.66. The molecule has 122 valence electrons. The molecule has 1 aromatic rings. The molecule has 0 saturated carbocycles. The molecule has 1 atom stereocenters. The van der Waals surface area contributed by atoms with Crippen LogP contribution in [0.5, 0.6) is 0 Å². The second-order valence-electron chi connectivity index (χ2n) is 6.52. The van der Waals surface area contributed by atoms with E-state index < -0.39 is 10.0 Å². The Morgan fingerprint density at radius 1 is 1.29 bits per heavy atom. The predicted molar refractivity (Wildman–Crippen MR) is 84.5 cm³/mol. The van der Waals surface area contributed by atoms with Crippen molar-refractivity contribution in [1.29, 1.82) is 0 Å². The van der Waals surface area contributed by atoms with Crippen molar-refractivity contribution in [2.45, 2.75) is 52.7 Å². The van der Waals surface area contributed by atoms with Gasteiger partial charge in [-0.2, -0.15) is 0 Å². The van der Waals surface area contributed by atoms with Crippen LogP contribution >= 0.6 is 0 Å². The van der Waals surface area contributed by atoms with E-state index in [4.69, 9.17) is 4.42 Å². The Morgan fingerprint density at radius 3 is 2.52 bits per heavy atom. The van der Waals surface area contributed by atoms with Crippen molar-refractivity contribution >= 4 is 10.0 Å². The lowest BCUT2D eigenvalue weighted by Crippen LogP contribution is -2.33. The summed E-state index contributed by atoms with van der Waals surface area (Å²) < 4.78 is 32.4. The number of nitrogens with one attached hydrogen (secondary N) is 2. The van der Waals surface area contributed by atoms with E-state index in [0.29, 0.717) is 18.8 Å². The Kier molecular flexibility index (Phi) is 6.43. The fourth-order valence-electron chi connectivity index (χ4n) is 1.60. The molecule has 0 aliphatic carbocycles. The molecule has 1 heterocycles. The Morgan fingerprint density at radius 2 is 1.95 bits per heavy atom. The summed E-state index contributed by atoms with van der Waals surface area (Å²) in [7, 11) is -3.57. The minimum Gasteiger partial charge on any atom is -0.447 e. The Labute approximate surface area is 128 Å². The van der Waals surface area contributed by atoms with Gasteiger partial charge in [0.1, 0.15) is 5.76 Å². The molecule has 0 saturated heterocycles. The zero-order valence-corrected chi connectivity index (χ0v) is 14.5. The van der Waals surface area contributed by atoms with Crippen molar-refractivity contribution in [2.24, 2.45) is 11.3 Å². The largest absolute Gasteiger partial charge is 0.447 e. The molecule has 0 aromatic carbocycles. The molecule has 0 fully saturated rings. The van der Waals surface area contributed by atoms with Gasteiger partial charge in [-0.1, -0.05) is 34.6 Å². The van der Waals surface area contributed by atoms with Crippen LogP contribution in [-0.2, 0) is 16.6 Å². The molecular formula is C15H28N2O3S. The predicted octanol–water partition coefficient (Wildman–Crippen LogP) is 2.74. The second-order valence-corrected chi connectivity index (χ2v) is 8.21. The van der Waals surface area contributed by atoms with Crippen LogP contribution in [-0.4, -0.2) is 21.5 Å². The smallest absolute Gasteiger partial charge is 0.273 e. The van der Waals surface area contributed by atoms with Gasteiger partial charge in [-0.15, -0.1) is 0 Å². The maximum absolute atomic E-state index is 12.2. The molecule has 1 unspecified atom stereocenters. The van der Waals surface area contributed by atoms with Gasteiger partial charge in [0.25, 0.3) is 10.0 Å². The topological polar surface area (TPSA) is 71.3 Å². The van der Waals surface area contributed by atoms with Crippen LogP contribution in [0.4, 0.5) is 0 Å². The minimum atomic E-state index is -3.57. The molecule has 1 aromatic heterocycles. The maximum Gasteiger partial charge on any atom is 0.273 e. The summed E-state index contributed by atoms with van der Waals surface area (Å²) in [5.41, 5.74) is 0.0565. The van der Waals surface area contributed by atoms with E-state index in [0.717, 1.165) is 13.0 Å². The summed E-state index contributed by atoms with van der Waals surface area (Å²) in [6, 6.07) is 3.21. The first-order valence-electron chi connectivity index (χ1n) is 7.46. The van der Waals surface area contributed by atoms with Crippen LogP contribution in [0.25, 0.3) is 0 Å². The lowest BCUT2D eigenvalue weighted by atomic mass is 9.82. The fourth-order valence-corrected chi connectivity index (χ4v) is 2.67. The number of hydrogen-bond acceptors (Lipinski definition) is 4. The summed E-state index contributed by atoms with van der Waals surface area (Å²) in [6.07, 6.45) is 1.03. The number of rotatable bonds is 8. The van der Waals surface area contributed by atoms with Crippen LogP contribution in [0.2, 0.25) is 0 Å². The molecule has 0 spiro atoms. The van der Waals surface area contributed by atoms with Gasteiger partial charge in [0, 0.05) is 6.54 Å². The summed E-state index contributed by atoms with van der Waals surface area (Å²) in [4.78, 5) is 0. The zero-order valence-electron chi connectivity index (χ0n) is 13.7. The Bertz CT molecular complexity index is 529. The van der Waals surface area contributed by atoms with Crippen LogP contribution in [0, 0.1) is 11.3 Å². The summed E-state index contributed by atoms with van der Waals surface area (Å²) >= 11 is 0. The zero-order chi connectivity index (χ0) is 16.1. The van der Waals surface area contributed by atoms with E-state index in [9.17, 15) is 8.42 Å². The van der Waals surface area contributed by atoms with Crippen molar-refractivity contribution < 1.29 is 12.8 Å². The molecule has 6 heteroatoms. The normalized spacial score (nSPS) is 14.3. The average molecular weight is 316 g/mol. The highest BCUT2D eigenvalue weighted by Gasteiger charge is 2.24. The van der Waals surface area contributed by atoms with Gasteiger partial charge in [0.15, 0.2) is 0 Å². The average Bonchev–Trinajstić information content (AvgIpc) is 2.85. The van der Waals surface area contributed by atoms with Gasteiger partial charge in [0.05, 0.1) is 6.54 Å². The Hall–Kier alpha value is -0.850. The highest BCUT2D eigenvalue weighted by Crippen LogP contribution is 2.25. The minimum absolute atomic E-state index is 0.0168. The van der Waals surface area contributed by atoms with Gasteiger partial charge in [-0.05, 0) is 36.4 Å². The molecule has 5 nitrogen and oxygen atoms in total. The van der Waals surface area contributed by atoms with Gasteiger partial charge >= 0.3 is 0 Å². The van der Waals surface area contributed by atoms with Crippen molar-refractivity contribution in [3.63, 3.8) is 0 Å². The molecule has 0 bridgehead atoms. The number of furan rings is 1. The third kappa shape index (κ3) is 5.80. The van der Waals surface area contributed by atoms with Crippen molar-refractivity contribution in [3.05, 3.63) is 17.9 Å². The molecular weight excluding hydrogens is 288 g/mol. The highest BCUT2D eigenvalue weighted by atomic mass is 32.2. The standard InChI is InChI=1S/C15H28N2O3S/c1-6-9-16-11-13-7-8-14(20-13)21(18,19)17-10-12(2)15(3,4)5/h7-8,12,16-17H,6,9-11H2,1-5H3. The van der Waals surface area contributed by atoms with E-state index in [1.807, 2.05) is 6.92 Å². The SMILES string of the molecule is CCCNCc1ccc(S(=O)(=O)NCC(C)C(C)(C)C)o1. The van der Waals surface area contributed by atoms with Crippen LogP contribution in [0.15, 0.2) is 21.6 Å². The molecule has 1 rings (SSSR count). The first kappa shape index (κ1) is 18.2. The molecule has 0 amide bonds. The number of sulfonamides is 1. The van der Waals surface area contributed by atoms with E-state index in [1.165, 1.54) is 6.07 Å². The monoisotopic (exact) mass is 316 g/mol. The van der Waals surface area contributed by atoms with Gasteiger partial charge in [-0.25, -0.2) is 13.1 Å². The summed E-state index contributed by atoms with van der Waals surface area (Å²) in [5, 5.41) is 3.16. The highest BCUT2D eigenvalue weighted by molar-refractivity contribution is 7.89. The van der Waals surface area contributed by atoms with E-state index in [2.05, 4.69) is 37.7 Å². The number of hydrogen-bond donors (Lipinski definition) is 2. The van der Waals surface area contributed by atoms with E-state index in [1.54, 1.807) is 6.07 Å². The second kappa shape index (κ2) is 7.42.